The molecule has 3 aromatic heterocycles. The SMILES string of the molecule is CCOC(=O)C1CCN(C(=O)c2ccc3nnc(-c4ccoc4)n3c2)CC1. The van der Waals surface area contributed by atoms with Crippen LogP contribution >= 0.6 is 0 Å². The summed E-state index contributed by atoms with van der Waals surface area (Å²) in [5, 5.41) is 8.30. The molecule has 0 saturated carbocycles. The Balaban J connectivity index is 1.52. The normalized spacial score (nSPS) is 15.2. The molecule has 1 aliphatic heterocycles. The summed E-state index contributed by atoms with van der Waals surface area (Å²) in [6.45, 7) is 3.26. The molecule has 0 aromatic carbocycles. The van der Waals surface area contributed by atoms with E-state index in [2.05, 4.69) is 10.2 Å². The third kappa shape index (κ3) is 3.30. The molecule has 1 aliphatic rings. The predicted octanol–water partition coefficient (Wildman–Crippen LogP) is 2.40. The minimum absolute atomic E-state index is 0.0638. The second-order valence-electron chi connectivity index (χ2n) is 6.50. The number of hydrogen-bond donors (Lipinski definition) is 0. The van der Waals surface area contributed by atoms with Crippen LogP contribution in [0.2, 0.25) is 0 Å². The first-order valence-electron chi connectivity index (χ1n) is 9.00. The van der Waals surface area contributed by atoms with E-state index >= 15 is 0 Å². The lowest BCUT2D eigenvalue weighted by molar-refractivity contribution is -0.149. The Morgan fingerprint density at radius 2 is 2.04 bits per heavy atom. The van der Waals surface area contributed by atoms with Crippen LogP contribution in [0, 0.1) is 5.92 Å². The van der Waals surface area contributed by atoms with Crippen LogP contribution in [0.1, 0.15) is 30.1 Å². The molecule has 8 heteroatoms. The Kier molecular flexibility index (Phi) is 4.62. The first kappa shape index (κ1) is 17.3. The minimum atomic E-state index is -0.166. The molecule has 27 heavy (non-hydrogen) atoms. The van der Waals surface area contributed by atoms with E-state index in [0.29, 0.717) is 49.6 Å². The van der Waals surface area contributed by atoms with Crippen LogP contribution < -0.4 is 0 Å². The number of aromatic nitrogens is 3. The van der Waals surface area contributed by atoms with Crippen LogP contribution in [0.25, 0.3) is 17.0 Å². The number of fused-ring (bicyclic) bond motifs is 1. The maximum atomic E-state index is 12.9. The van der Waals surface area contributed by atoms with Crippen molar-refractivity contribution in [2.75, 3.05) is 19.7 Å². The lowest BCUT2D eigenvalue weighted by Gasteiger charge is -2.30. The Labute approximate surface area is 155 Å². The second kappa shape index (κ2) is 7.22. The number of esters is 1. The molecule has 0 bridgehead atoms. The number of furan rings is 1. The van der Waals surface area contributed by atoms with Gasteiger partial charge in [0.2, 0.25) is 0 Å². The second-order valence-corrected chi connectivity index (χ2v) is 6.50. The summed E-state index contributed by atoms with van der Waals surface area (Å²) in [4.78, 5) is 26.5. The van der Waals surface area contributed by atoms with Gasteiger partial charge < -0.3 is 14.1 Å². The van der Waals surface area contributed by atoms with Gasteiger partial charge in [-0.1, -0.05) is 0 Å². The van der Waals surface area contributed by atoms with Crippen molar-refractivity contribution in [3.8, 4) is 11.4 Å². The van der Waals surface area contributed by atoms with Crippen LogP contribution in [0.15, 0.2) is 41.3 Å². The van der Waals surface area contributed by atoms with Crippen molar-refractivity contribution in [3.63, 3.8) is 0 Å². The topological polar surface area (TPSA) is 89.9 Å². The van der Waals surface area contributed by atoms with Gasteiger partial charge in [-0.05, 0) is 38.0 Å². The van der Waals surface area contributed by atoms with E-state index in [1.165, 1.54) is 0 Å². The van der Waals surface area contributed by atoms with Gasteiger partial charge in [-0.25, -0.2) is 0 Å². The first-order valence-corrected chi connectivity index (χ1v) is 9.00. The first-order chi connectivity index (χ1) is 13.2. The van der Waals surface area contributed by atoms with Gasteiger partial charge in [-0.15, -0.1) is 10.2 Å². The standard InChI is InChI=1S/C19H20N4O4/c1-2-27-19(25)13-5-8-22(9-6-13)18(24)14-3-4-16-20-21-17(23(16)11-14)15-7-10-26-12-15/h3-4,7,10-13H,2,5-6,8-9H2,1H3. The number of nitrogens with zero attached hydrogens (tertiary/aromatic N) is 4. The Hall–Kier alpha value is -3.16. The largest absolute Gasteiger partial charge is 0.472 e. The number of amides is 1. The molecule has 0 spiro atoms. The summed E-state index contributed by atoms with van der Waals surface area (Å²) in [6.07, 6.45) is 6.15. The number of hydrogen-bond acceptors (Lipinski definition) is 6. The summed E-state index contributed by atoms with van der Waals surface area (Å²) in [5.74, 6) is 0.266. The fourth-order valence-electron chi connectivity index (χ4n) is 3.37. The van der Waals surface area contributed by atoms with E-state index < -0.39 is 0 Å². The van der Waals surface area contributed by atoms with E-state index in [9.17, 15) is 9.59 Å². The summed E-state index contributed by atoms with van der Waals surface area (Å²) in [5.41, 5.74) is 2.01. The quantitative estimate of drug-likeness (QED) is 0.657. The van der Waals surface area contributed by atoms with Crippen molar-refractivity contribution in [2.45, 2.75) is 19.8 Å². The minimum Gasteiger partial charge on any atom is -0.472 e. The van der Waals surface area contributed by atoms with Crippen molar-refractivity contribution in [2.24, 2.45) is 5.92 Å². The van der Waals surface area contributed by atoms with Crippen LogP contribution in [0.4, 0.5) is 0 Å². The lowest BCUT2D eigenvalue weighted by Crippen LogP contribution is -2.40. The number of likely N-dealkylation sites (tertiary alicyclic amines) is 1. The molecule has 3 aromatic rings. The Morgan fingerprint density at radius 3 is 2.74 bits per heavy atom. The summed E-state index contributed by atoms with van der Waals surface area (Å²) in [7, 11) is 0. The molecule has 1 saturated heterocycles. The zero-order valence-electron chi connectivity index (χ0n) is 15.0. The third-order valence-electron chi connectivity index (χ3n) is 4.83. The lowest BCUT2D eigenvalue weighted by atomic mass is 9.96. The van der Waals surface area contributed by atoms with E-state index in [0.717, 1.165) is 5.56 Å². The highest BCUT2D eigenvalue weighted by atomic mass is 16.5. The number of piperidine rings is 1. The number of carbonyl (C=O) groups excluding carboxylic acids is 2. The molecule has 1 fully saturated rings. The average Bonchev–Trinajstić information content (AvgIpc) is 3.36. The zero-order chi connectivity index (χ0) is 18.8. The molecule has 0 N–H and O–H groups in total. The molecule has 0 unspecified atom stereocenters. The molecule has 0 atom stereocenters. The van der Waals surface area contributed by atoms with Gasteiger partial charge in [-0.3, -0.25) is 14.0 Å². The van der Waals surface area contributed by atoms with Crippen LogP contribution in [0.5, 0.6) is 0 Å². The average molecular weight is 368 g/mol. The van der Waals surface area contributed by atoms with Crippen LogP contribution in [-0.2, 0) is 9.53 Å². The highest BCUT2D eigenvalue weighted by Crippen LogP contribution is 2.22. The van der Waals surface area contributed by atoms with E-state index in [-0.39, 0.29) is 17.8 Å². The third-order valence-corrected chi connectivity index (χ3v) is 4.83. The molecule has 4 rings (SSSR count). The van der Waals surface area contributed by atoms with Crippen molar-refractivity contribution in [1.29, 1.82) is 0 Å². The smallest absolute Gasteiger partial charge is 0.309 e. The molecule has 140 valence electrons. The van der Waals surface area contributed by atoms with Gasteiger partial charge in [0.25, 0.3) is 5.91 Å². The summed E-state index contributed by atoms with van der Waals surface area (Å²) >= 11 is 0. The Morgan fingerprint density at radius 1 is 1.22 bits per heavy atom. The van der Waals surface area contributed by atoms with E-state index in [1.54, 1.807) is 53.1 Å². The molecule has 8 nitrogen and oxygen atoms in total. The van der Waals surface area contributed by atoms with Gasteiger partial charge in [0, 0.05) is 19.3 Å². The van der Waals surface area contributed by atoms with Crippen LogP contribution in [0.3, 0.4) is 0 Å². The molecular weight excluding hydrogens is 348 g/mol. The van der Waals surface area contributed by atoms with Gasteiger partial charge in [0.15, 0.2) is 11.5 Å². The maximum absolute atomic E-state index is 12.9. The molecule has 1 amide bonds. The van der Waals surface area contributed by atoms with Gasteiger partial charge in [-0.2, -0.15) is 0 Å². The fraction of sp³-hybridized carbons (Fsp3) is 0.368. The highest BCUT2D eigenvalue weighted by Gasteiger charge is 2.29. The van der Waals surface area contributed by atoms with Gasteiger partial charge in [0.05, 0.1) is 29.9 Å². The van der Waals surface area contributed by atoms with Gasteiger partial charge in [0.1, 0.15) is 6.26 Å². The van der Waals surface area contributed by atoms with Crippen molar-refractivity contribution in [3.05, 3.63) is 42.5 Å². The van der Waals surface area contributed by atoms with E-state index in [1.807, 2.05) is 0 Å². The predicted molar refractivity (Wildman–Crippen MR) is 95.9 cm³/mol. The Bertz CT molecular complexity index is 955. The monoisotopic (exact) mass is 368 g/mol. The van der Waals surface area contributed by atoms with Crippen molar-refractivity contribution in [1.82, 2.24) is 19.5 Å². The molecule has 4 heterocycles. The highest BCUT2D eigenvalue weighted by molar-refractivity contribution is 5.94. The summed E-state index contributed by atoms with van der Waals surface area (Å²) in [6, 6.07) is 5.32. The molecule has 0 aliphatic carbocycles. The number of rotatable bonds is 4. The van der Waals surface area contributed by atoms with Crippen molar-refractivity contribution < 1.29 is 18.7 Å². The summed E-state index contributed by atoms with van der Waals surface area (Å²) < 4.78 is 12.0. The maximum Gasteiger partial charge on any atom is 0.309 e. The number of carbonyl (C=O) groups is 2. The van der Waals surface area contributed by atoms with Crippen molar-refractivity contribution >= 4 is 17.5 Å². The van der Waals surface area contributed by atoms with E-state index in [4.69, 9.17) is 9.15 Å². The van der Waals surface area contributed by atoms with Gasteiger partial charge >= 0.3 is 5.97 Å². The zero-order valence-corrected chi connectivity index (χ0v) is 15.0. The van der Waals surface area contributed by atoms with Crippen LogP contribution in [-0.4, -0.2) is 51.1 Å². The molecule has 0 radical (unpaired) electrons. The number of ether oxygens (including phenoxy) is 1. The number of pyridine rings is 1. The fourth-order valence-corrected chi connectivity index (χ4v) is 3.37. The molecular formula is C19H20N4O4.